The third-order valence-corrected chi connectivity index (χ3v) is 5.96. The molecule has 0 aliphatic rings. The van der Waals surface area contributed by atoms with Crippen LogP contribution in [0.5, 0.6) is 34.5 Å². The molecule has 12 nitrogen and oxygen atoms in total. The van der Waals surface area contributed by atoms with E-state index in [2.05, 4.69) is 0 Å². The van der Waals surface area contributed by atoms with Gasteiger partial charge in [0.15, 0.2) is 6.10 Å². The molecule has 0 unspecified atom stereocenters. The van der Waals surface area contributed by atoms with Crippen LogP contribution in [-0.2, 0) is 14.2 Å². The van der Waals surface area contributed by atoms with Crippen LogP contribution in [0.2, 0.25) is 0 Å². The van der Waals surface area contributed by atoms with Crippen LogP contribution in [-0.4, -0.2) is 79.9 Å². The van der Waals surface area contributed by atoms with Crippen molar-refractivity contribution in [2.75, 3.05) is 55.9 Å². The minimum Gasteiger partial charge on any atom is -0.497 e. The van der Waals surface area contributed by atoms with E-state index in [4.69, 9.17) is 42.6 Å². The van der Waals surface area contributed by atoms with E-state index in [1.807, 2.05) is 0 Å². The van der Waals surface area contributed by atoms with Crippen LogP contribution in [0.3, 0.4) is 0 Å². The Bertz CT molecular complexity index is 1330. The Hall–Kier alpha value is -5.13. The molecule has 0 saturated heterocycles. The van der Waals surface area contributed by atoms with Gasteiger partial charge in [-0.25, -0.2) is 14.4 Å². The second-order valence-corrected chi connectivity index (χ2v) is 8.42. The summed E-state index contributed by atoms with van der Waals surface area (Å²) in [7, 11) is 8.60. The van der Waals surface area contributed by atoms with Crippen LogP contribution in [0.25, 0.3) is 0 Å². The molecule has 0 saturated carbocycles. The van der Waals surface area contributed by atoms with E-state index in [1.54, 1.807) is 18.2 Å². The number of carbonyl (C=O) groups excluding carboxylic acids is 3. The molecule has 0 heterocycles. The topological polar surface area (TPSA) is 134 Å². The highest BCUT2D eigenvalue weighted by Gasteiger charge is 2.25. The molecule has 0 atom stereocenters. The lowest BCUT2D eigenvalue weighted by Gasteiger charge is -2.20. The van der Waals surface area contributed by atoms with Gasteiger partial charge in [0.1, 0.15) is 64.4 Å². The molecule has 42 heavy (non-hydrogen) atoms. The van der Waals surface area contributed by atoms with Gasteiger partial charge in [0, 0.05) is 18.2 Å². The van der Waals surface area contributed by atoms with Crippen molar-refractivity contribution < 1.29 is 57.0 Å². The maximum atomic E-state index is 13.1. The molecule has 0 fully saturated rings. The third kappa shape index (κ3) is 7.74. The summed E-state index contributed by atoms with van der Waals surface area (Å²) in [6, 6.07) is 13.6. The fraction of sp³-hybridized carbons (Fsp3) is 0.300. The standard InChI is InChI=1S/C30H32O12/c1-34-18-7-10-22(25(13-18)37-4)28(31)40-16-21(42-30(33)24-12-9-20(36-3)15-27(24)39-6)17-41-29(32)23-11-8-19(35-2)14-26(23)38-5/h7-15,21H,16-17H2,1-6H3. The van der Waals surface area contributed by atoms with Gasteiger partial charge >= 0.3 is 17.9 Å². The van der Waals surface area contributed by atoms with Crippen LogP contribution < -0.4 is 28.4 Å². The van der Waals surface area contributed by atoms with Gasteiger partial charge < -0.3 is 42.6 Å². The van der Waals surface area contributed by atoms with Crippen molar-refractivity contribution >= 4 is 17.9 Å². The van der Waals surface area contributed by atoms with Crippen LogP contribution in [0.15, 0.2) is 54.6 Å². The van der Waals surface area contributed by atoms with Crippen molar-refractivity contribution in [1.29, 1.82) is 0 Å². The zero-order valence-corrected chi connectivity index (χ0v) is 24.1. The van der Waals surface area contributed by atoms with Gasteiger partial charge in [-0.05, 0) is 36.4 Å². The van der Waals surface area contributed by atoms with Gasteiger partial charge in [-0.2, -0.15) is 0 Å². The summed E-state index contributed by atoms with van der Waals surface area (Å²) in [4.78, 5) is 38.9. The Morgan fingerprint density at radius 3 is 1.14 bits per heavy atom. The largest absolute Gasteiger partial charge is 0.497 e. The fourth-order valence-electron chi connectivity index (χ4n) is 3.73. The first-order valence-corrected chi connectivity index (χ1v) is 12.5. The molecule has 0 aliphatic carbocycles. The highest BCUT2D eigenvalue weighted by Crippen LogP contribution is 2.28. The minimum atomic E-state index is -1.20. The minimum absolute atomic E-state index is 0.0783. The zero-order chi connectivity index (χ0) is 30.6. The Morgan fingerprint density at radius 1 is 0.500 bits per heavy atom. The Labute approximate surface area is 242 Å². The summed E-state index contributed by atoms with van der Waals surface area (Å²) in [5, 5.41) is 0. The molecular weight excluding hydrogens is 552 g/mol. The predicted molar refractivity (Wildman–Crippen MR) is 148 cm³/mol. The van der Waals surface area contributed by atoms with E-state index >= 15 is 0 Å². The summed E-state index contributed by atoms with van der Waals surface area (Å²) < 4.78 is 47.8. The SMILES string of the molecule is COc1ccc(C(=O)OCC(COC(=O)c2ccc(OC)cc2OC)OC(=O)c2ccc(OC)cc2OC)c(OC)c1. The first kappa shape index (κ1) is 31.4. The molecule has 3 aromatic rings. The normalized spacial score (nSPS) is 10.4. The van der Waals surface area contributed by atoms with Gasteiger partial charge in [-0.3, -0.25) is 0 Å². The highest BCUT2D eigenvalue weighted by atomic mass is 16.6. The number of methoxy groups -OCH3 is 6. The maximum Gasteiger partial charge on any atom is 0.342 e. The number of rotatable bonds is 14. The maximum absolute atomic E-state index is 13.1. The Morgan fingerprint density at radius 2 is 0.833 bits per heavy atom. The quantitative estimate of drug-likeness (QED) is 0.200. The number of hydrogen-bond donors (Lipinski definition) is 0. The average molecular weight is 585 g/mol. The Kier molecular flexibility index (Phi) is 11.2. The van der Waals surface area contributed by atoms with E-state index in [1.165, 1.54) is 79.1 Å². The molecular formula is C30H32O12. The number of benzene rings is 3. The smallest absolute Gasteiger partial charge is 0.342 e. The molecule has 224 valence electrons. The molecule has 0 bridgehead atoms. The molecule has 0 N–H and O–H groups in total. The second kappa shape index (κ2) is 15.0. The zero-order valence-electron chi connectivity index (χ0n) is 24.1. The van der Waals surface area contributed by atoms with Crippen LogP contribution >= 0.6 is 0 Å². The summed E-state index contributed by atoms with van der Waals surface area (Å²) in [5.41, 5.74) is 0.301. The van der Waals surface area contributed by atoms with E-state index in [0.29, 0.717) is 17.2 Å². The van der Waals surface area contributed by atoms with Crippen molar-refractivity contribution in [2.24, 2.45) is 0 Å². The first-order chi connectivity index (χ1) is 20.3. The van der Waals surface area contributed by atoms with Crippen molar-refractivity contribution in [3.05, 3.63) is 71.3 Å². The molecule has 12 heteroatoms. The van der Waals surface area contributed by atoms with E-state index in [9.17, 15) is 14.4 Å². The molecule has 0 amide bonds. The predicted octanol–water partition coefficient (Wildman–Crippen LogP) is 3.98. The van der Waals surface area contributed by atoms with E-state index in [0.717, 1.165) is 0 Å². The van der Waals surface area contributed by atoms with Crippen LogP contribution in [0.1, 0.15) is 31.1 Å². The van der Waals surface area contributed by atoms with Gasteiger partial charge in [0.25, 0.3) is 0 Å². The van der Waals surface area contributed by atoms with Crippen molar-refractivity contribution in [1.82, 2.24) is 0 Å². The summed E-state index contributed by atoms with van der Waals surface area (Å²) in [6.07, 6.45) is -1.20. The molecule has 0 spiro atoms. The van der Waals surface area contributed by atoms with E-state index < -0.39 is 37.2 Å². The number of ether oxygens (including phenoxy) is 9. The number of esters is 3. The fourth-order valence-corrected chi connectivity index (χ4v) is 3.73. The van der Waals surface area contributed by atoms with Crippen molar-refractivity contribution in [3.8, 4) is 34.5 Å². The first-order valence-electron chi connectivity index (χ1n) is 12.5. The average Bonchev–Trinajstić information content (AvgIpc) is 3.04. The Balaban J connectivity index is 1.81. The lowest BCUT2D eigenvalue weighted by molar-refractivity contribution is -0.0256. The lowest BCUT2D eigenvalue weighted by Crippen LogP contribution is -2.31. The molecule has 3 rings (SSSR count). The highest BCUT2D eigenvalue weighted by molar-refractivity contribution is 5.94. The van der Waals surface area contributed by atoms with Crippen molar-refractivity contribution in [2.45, 2.75) is 6.10 Å². The molecule has 0 aliphatic heterocycles. The number of carbonyl (C=O) groups is 3. The van der Waals surface area contributed by atoms with Crippen molar-refractivity contribution in [3.63, 3.8) is 0 Å². The van der Waals surface area contributed by atoms with E-state index in [-0.39, 0.29) is 33.9 Å². The number of hydrogen-bond acceptors (Lipinski definition) is 12. The van der Waals surface area contributed by atoms with Gasteiger partial charge in [-0.1, -0.05) is 0 Å². The summed E-state index contributed by atoms with van der Waals surface area (Å²) in [6.45, 7) is -0.906. The molecule has 0 radical (unpaired) electrons. The third-order valence-electron chi connectivity index (χ3n) is 5.96. The molecule has 0 aromatic heterocycles. The van der Waals surface area contributed by atoms with Crippen LogP contribution in [0.4, 0.5) is 0 Å². The lowest BCUT2D eigenvalue weighted by atomic mass is 10.2. The summed E-state index contributed by atoms with van der Waals surface area (Å²) in [5.74, 6) is -0.295. The monoisotopic (exact) mass is 584 g/mol. The molecule has 3 aromatic carbocycles. The second-order valence-electron chi connectivity index (χ2n) is 8.42. The van der Waals surface area contributed by atoms with Gasteiger partial charge in [0.05, 0.1) is 42.7 Å². The van der Waals surface area contributed by atoms with Gasteiger partial charge in [-0.15, -0.1) is 0 Å². The van der Waals surface area contributed by atoms with Crippen LogP contribution in [0, 0.1) is 0 Å². The van der Waals surface area contributed by atoms with Gasteiger partial charge in [0.2, 0.25) is 0 Å². The summed E-state index contributed by atoms with van der Waals surface area (Å²) >= 11 is 0.